The third-order valence-corrected chi connectivity index (χ3v) is 2.78. The summed E-state index contributed by atoms with van der Waals surface area (Å²) < 4.78 is 5.14. The molecule has 2 aromatic heterocycles. The van der Waals surface area contributed by atoms with Gasteiger partial charge in [-0.1, -0.05) is 0 Å². The zero-order valence-electron chi connectivity index (χ0n) is 10.5. The molecule has 0 bridgehead atoms. The summed E-state index contributed by atoms with van der Waals surface area (Å²) in [6.07, 6.45) is 2.73. The number of nitrogens with one attached hydrogen (secondary N) is 1. The number of furan rings is 1. The van der Waals surface area contributed by atoms with Crippen molar-refractivity contribution < 1.29 is 19.1 Å². The molecule has 0 aliphatic rings. The maximum Gasteiger partial charge on any atom is 0.354 e. The fraction of sp³-hybridized carbons (Fsp3) is 0.250. The van der Waals surface area contributed by atoms with Crippen LogP contribution < -0.4 is 0 Å². The fourth-order valence-electron chi connectivity index (χ4n) is 1.70. The highest BCUT2D eigenvalue weighted by molar-refractivity contribution is 6.02. The molecule has 0 spiro atoms. The maximum absolute atomic E-state index is 12.1. The molecule has 0 saturated carbocycles. The lowest BCUT2D eigenvalue weighted by molar-refractivity contribution is 0.0674. The van der Waals surface area contributed by atoms with Gasteiger partial charge in [0.15, 0.2) is 11.4 Å². The van der Waals surface area contributed by atoms with Gasteiger partial charge in [0.25, 0.3) is 5.91 Å². The van der Waals surface area contributed by atoms with Crippen LogP contribution in [0.25, 0.3) is 0 Å². The zero-order chi connectivity index (χ0) is 14.0. The minimum absolute atomic E-state index is 0.101. The van der Waals surface area contributed by atoms with Crippen LogP contribution in [-0.2, 0) is 6.54 Å². The number of carbonyl (C=O) groups is 2. The summed E-state index contributed by atoms with van der Waals surface area (Å²) in [5.41, 5.74) is 0.556. The summed E-state index contributed by atoms with van der Waals surface area (Å²) in [5, 5.41) is 8.93. The highest BCUT2D eigenvalue weighted by atomic mass is 16.4. The molecule has 0 fully saturated rings. The van der Waals surface area contributed by atoms with Gasteiger partial charge in [-0.15, -0.1) is 0 Å². The van der Waals surface area contributed by atoms with Crippen molar-refractivity contribution in [3.05, 3.63) is 41.4 Å². The van der Waals surface area contributed by atoms with E-state index in [9.17, 15) is 9.59 Å². The number of hydrogen-bond acceptors (Lipinski definition) is 4. The summed E-state index contributed by atoms with van der Waals surface area (Å²) in [6.45, 7) is 2.12. The molecule has 1 amide bonds. The van der Waals surface area contributed by atoms with Crippen LogP contribution in [0.5, 0.6) is 0 Å². The van der Waals surface area contributed by atoms with Crippen molar-refractivity contribution in [2.75, 3.05) is 7.05 Å². The highest BCUT2D eigenvalue weighted by Gasteiger charge is 2.23. The van der Waals surface area contributed by atoms with Crippen molar-refractivity contribution in [2.24, 2.45) is 0 Å². The van der Waals surface area contributed by atoms with E-state index in [2.05, 4.69) is 9.97 Å². The number of rotatable bonds is 4. The molecule has 0 aliphatic carbocycles. The first-order chi connectivity index (χ1) is 9.00. The second-order valence-corrected chi connectivity index (χ2v) is 4.09. The molecule has 0 aromatic carbocycles. The Bertz CT molecular complexity index is 614. The van der Waals surface area contributed by atoms with Crippen LogP contribution >= 0.6 is 0 Å². The van der Waals surface area contributed by atoms with Crippen LogP contribution in [0.1, 0.15) is 32.3 Å². The molecule has 0 radical (unpaired) electrons. The van der Waals surface area contributed by atoms with E-state index in [0.717, 1.165) is 11.3 Å². The van der Waals surface area contributed by atoms with Gasteiger partial charge in [0.05, 0.1) is 12.6 Å². The average Bonchev–Trinajstić information content (AvgIpc) is 2.98. The quantitative estimate of drug-likeness (QED) is 0.865. The number of aromatic carboxylic acids is 1. The molecule has 19 heavy (non-hydrogen) atoms. The van der Waals surface area contributed by atoms with Crippen LogP contribution in [0.15, 0.2) is 23.1 Å². The lowest BCUT2D eigenvalue weighted by atomic mass is 10.2. The normalized spacial score (nSPS) is 10.4. The first-order valence-corrected chi connectivity index (χ1v) is 5.55. The lowest BCUT2D eigenvalue weighted by Gasteiger charge is -2.15. The number of carboxylic acid groups (broad SMARTS) is 1. The van der Waals surface area contributed by atoms with Crippen LogP contribution in [0.2, 0.25) is 0 Å². The molecule has 0 saturated heterocycles. The zero-order valence-corrected chi connectivity index (χ0v) is 10.5. The van der Waals surface area contributed by atoms with E-state index >= 15 is 0 Å². The Morgan fingerprint density at radius 3 is 2.84 bits per heavy atom. The monoisotopic (exact) mass is 263 g/mol. The van der Waals surface area contributed by atoms with Crippen LogP contribution in [-0.4, -0.2) is 38.9 Å². The van der Waals surface area contributed by atoms with Gasteiger partial charge >= 0.3 is 5.97 Å². The van der Waals surface area contributed by atoms with E-state index in [1.807, 2.05) is 0 Å². The molecule has 100 valence electrons. The summed E-state index contributed by atoms with van der Waals surface area (Å²) in [5.74, 6) is -0.951. The van der Waals surface area contributed by atoms with Gasteiger partial charge in [0.2, 0.25) is 0 Å². The second kappa shape index (κ2) is 4.97. The number of carbonyl (C=O) groups excluding carboxylic acids is 1. The Morgan fingerprint density at radius 1 is 1.53 bits per heavy atom. The molecule has 0 atom stereocenters. The van der Waals surface area contributed by atoms with Gasteiger partial charge in [0.1, 0.15) is 5.76 Å². The molecule has 7 nitrogen and oxygen atoms in total. The molecular weight excluding hydrogens is 250 g/mol. The van der Waals surface area contributed by atoms with Crippen molar-refractivity contribution in [3.8, 4) is 0 Å². The molecule has 7 heteroatoms. The average molecular weight is 263 g/mol. The Hall–Kier alpha value is -2.57. The van der Waals surface area contributed by atoms with Gasteiger partial charge in [0, 0.05) is 19.2 Å². The number of H-pyrrole nitrogens is 1. The third-order valence-electron chi connectivity index (χ3n) is 2.78. The number of aromatic nitrogens is 2. The smallest absolute Gasteiger partial charge is 0.354 e. The molecule has 2 heterocycles. The largest absolute Gasteiger partial charge is 0.477 e. The predicted octanol–water partition coefficient (Wildman–Crippen LogP) is 1.28. The van der Waals surface area contributed by atoms with E-state index in [4.69, 9.17) is 9.52 Å². The SMILES string of the molecule is Cc1occc1CN(C)C(=O)c1nc[nH]c1C(=O)O. The number of hydrogen-bond donors (Lipinski definition) is 2. The van der Waals surface area contributed by atoms with E-state index in [1.165, 1.54) is 11.2 Å². The topological polar surface area (TPSA) is 99.4 Å². The predicted molar refractivity (Wildman–Crippen MR) is 64.8 cm³/mol. The number of imidazole rings is 1. The van der Waals surface area contributed by atoms with Crippen LogP contribution in [0.3, 0.4) is 0 Å². The van der Waals surface area contributed by atoms with E-state index in [0.29, 0.717) is 6.54 Å². The Balaban J connectivity index is 2.17. The second-order valence-electron chi connectivity index (χ2n) is 4.09. The first-order valence-electron chi connectivity index (χ1n) is 5.55. The highest BCUT2D eigenvalue weighted by Crippen LogP contribution is 2.13. The minimum Gasteiger partial charge on any atom is -0.477 e. The number of carboxylic acids is 1. The van der Waals surface area contributed by atoms with Gasteiger partial charge in [-0.05, 0) is 13.0 Å². The Kier molecular flexibility index (Phi) is 3.37. The van der Waals surface area contributed by atoms with Crippen molar-refractivity contribution in [2.45, 2.75) is 13.5 Å². The lowest BCUT2D eigenvalue weighted by Crippen LogP contribution is -2.28. The summed E-state index contributed by atoms with van der Waals surface area (Å²) in [4.78, 5) is 30.6. The first kappa shape index (κ1) is 12.9. The van der Waals surface area contributed by atoms with Crippen molar-refractivity contribution in [1.29, 1.82) is 0 Å². The maximum atomic E-state index is 12.1. The van der Waals surface area contributed by atoms with E-state index in [1.54, 1.807) is 26.3 Å². The molecule has 0 aliphatic heterocycles. The molecule has 2 rings (SSSR count). The van der Waals surface area contributed by atoms with Gasteiger partial charge in [-0.2, -0.15) is 0 Å². The van der Waals surface area contributed by atoms with Crippen LogP contribution in [0, 0.1) is 6.92 Å². The molecule has 2 N–H and O–H groups in total. The van der Waals surface area contributed by atoms with Crippen molar-refractivity contribution >= 4 is 11.9 Å². The van der Waals surface area contributed by atoms with Gasteiger partial charge in [-0.25, -0.2) is 9.78 Å². The molecule has 0 unspecified atom stereocenters. The van der Waals surface area contributed by atoms with Crippen molar-refractivity contribution in [3.63, 3.8) is 0 Å². The number of amides is 1. The summed E-state index contributed by atoms with van der Waals surface area (Å²) in [6, 6.07) is 1.77. The summed E-state index contributed by atoms with van der Waals surface area (Å²) >= 11 is 0. The Morgan fingerprint density at radius 2 is 2.26 bits per heavy atom. The number of aryl methyl sites for hydroxylation is 1. The number of nitrogens with zero attached hydrogens (tertiary/aromatic N) is 2. The van der Waals surface area contributed by atoms with Crippen LogP contribution in [0.4, 0.5) is 0 Å². The molecular formula is C12H13N3O4. The van der Waals surface area contributed by atoms with Gasteiger partial charge in [-0.3, -0.25) is 4.79 Å². The van der Waals surface area contributed by atoms with Gasteiger partial charge < -0.3 is 19.4 Å². The third kappa shape index (κ3) is 2.49. The fourth-order valence-corrected chi connectivity index (χ4v) is 1.70. The Labute approximate surface area is 108 Å². The van der Waals surface area contributed by atoms with Crippen molar-refractivity contribution in [1.82, 2.24) is 14.9 Å². The molecule has 2 aromatic rings. The summed E-state index contributed by atoms with van der Waals surface area (Å²) in [7, 11) is 1.58. The standard InChI is InChI=1S/C12H13N3O4/c1-7-8(3-4-19-7)5-15(2)11(16)9-10(12(17)18)14-6-13-9/h3-4,6H,5H2,1-2H3,(H,13,14)(H,17,18). The van der Waals surface area contributed by atoms with E-state index in [-0.39, 0.29) is 11.4 Å². The number of aromatic amines is 1. The van der Waals surface area contributed by atoms with E-state index < -0.39 is 11.9 Å². The minimum atomic E-state index is -1.21.